The molecule has 0 saturated heterocycles. The number of aliphatic hydroxyl groups excluding tert-OH is 1. The van der Waals surface area contributed by atoms with Gasteiger partial charge in [0.05, 0.1) is 23.7 Å². The molecule has 0 atom stereocenters. The highest BCUT2D eigenvalue weighted by Gasteiger charge is 2.20. The predicted molar refractivity (Wildman–Crippen MR) is 71.0 cm³/mol. The van der Waals surface area contributed by atoms with Crippen molar-refractivity contribution in [3.8, 4) is 0 Å². The Morgan fingerprint density at radius 1 is 1.26 bits per heavy atom. The van der Waals surface area contributed by atoms with E-state index in [2.05, 4.69) is 0 Å². The van der Waals surface area contributed by atoms with Gasteiger partial charge in [-0.05, 0) is 25.7 Å². The smallest absolute Gasteiger partial charge is 0.272 e. The number of aliphatic hydroxyl groups is 1. The lowest BCUT2D eigenvalue weighted by molar-refractivity contribution is -0.385. The molecule has 5 heteroatoms. The van der Waals surface area contributed by atoms with Crippen molar-refractivity contribution in [2.45, 2.75) is 44.3 Å². The first-order chi connectivity index (χ1) is 9.16. The zero-order chi connectivity index (χ0) is 13.7. The summed E-state index contributed by atoms with van der Waals surface area (Å²) < 4.78 is 5.74. The third kappa shape index (κ3) is 4.01. The first kappa shape index (κ1) is 14.0. The van der Waals surface area contributed by atoms with E-state index < -0.39 is 0 Å². The van der Waals surface area contributed by atoms with Crippen LogP contribution < -0.4 is 0 Å². The lowest BCUT2D eigenvalue weighted by Crippen LogP contribution is -2.25. The van der Waals surface area contributed by atoms with Crippen LogP contribution in [0.3, 0.4) is 0 Å². The standard InChI is InChI=1S/C14H19NO4/c16-12-5-7-13(8-6-12)19-10-9-11-3-1-2-4-14(11)15(17)18/h1-4,12-13,16H,5-10H2. The summed E-state index contributed by atoms with van der Waals surface area (Å²) in [4.78, 5) is 10.5. The summed E-state index contributed by atoms with van der Waals surface area (Å²) in [6.07, 6.45) is 3.87. The summed E-state index contributed by atoms with van der Waals surface area (Å²) in [7, 11) is 0. The highest BCUT2D eigenvalue weighted by Crippen LogP contribution is 2.22. The average molecular weight is 265 g/mol. The van der Waals surface area contributed by atoms with Gasteiger partial charge in [0, 0.05) is 18.1 Å². The van der Waals surface area contributed by atoms with Gasteiger partial charge in [-0.15, -0.1) is 0 Å². The molecule has 0 amide bonds. The van der Waals surface area contributed by atoms with Gasteiger partial charge in [0.2, 0.25) is 0 Å². The zero-order valence-electron chi connectivity index (χ0n) is 10.8. The lowest BCUT2D eigenvalue weighted by Gasteiger charge is -2.25. The van der Waals surface area contributed by atoms with Crippen molar-refractivity contribution in [1.29, 1.82) is 0 Å². The van der Waals surface area contributed by atoms with Gasteiger partial charge < -0.3 is 9.84 Å². The van der Waals surface area contributed by atoms with Crippen LogP contribution in [-0.2, 0) is 11.2 Å². The number of hydrogen-bond donors (Lipinski definition) is 1. The maximum absolute atomic E-state index is 10.9. The van der Waals surface area contributed by atoms with Gasteiger partial charge in [0.1, 0.15) is 0 Å². The monoisotopic (exact) mass is 265 g/mol. The second-order valence-electron chi connectivity index (χ2n) is 4.94. The lowest BCUT2D eigenvalue weighted by atomic mass is 9.95. The first-order valence-corrected chi connectivity index (χ1v) is 6.69. The molecule has 1 aromatic rings. The van der Waals surface area contributed by atoms with E-state index in [1.807, 2.05) is 0 Å². The van der Waals surface area contributed by atoms with Gasteiger partial charge in [-0.25, -0.2) is 0 Å². The maximum atomic E-state index is 10.9. The minimum atomic E-state index is -0.355. The number of para-hydroxylation sites is 1. The maximum Gasteiger partial charge on any atom is 0.272 e. The molecule has 0 spiro atoms. The highest BCUT2D eigenvalue weighted by atomic mass is 16.6. The number of hydrogen-bond acceptors (Lipinski definition) is 4. The first-order valence-electron chi connectivity index (χ1n) is 6.69. The van der Waals surface area contributed by atoms with Crippen molar-refractivity contribution in [1.82, 2.24) is 0 Å². The Hall–Kier alpha value is -1.46. The van der Waals surface area contributed by atoms with Gasteiger partial charge in [-0.1, -0.05) is 18.2 Å². The number of benzene rings is 1. The van der Waals surface area contributed by atoms with Crippen LogP contribution in [0.4, 0.5) is 5.69 Å². The fraction of sp³-hybridized carbons (Fsp3) is 0.571. The molecule has 0 aliphatic heterocycles. The highest BCUT2D eigenvalue weighted by molar-refractivity contribution is 5.39. The summed E-state index contributed by atoms with van der Waals surface area (Å²) in [5, 5.41) is 20.3. The SMILES string of the molecule is O=[N+]([O-])c1ccccc1CCOC1CCC(O)CC1. The Kier molecular flexibility index (Phi) is 4.87. The molecule has 1 fully saturated rings. The van der Waals surface area contributed by atoms with Gasteiger partial charge in [0.25, 0.3) is 5.69 Å². The van der Waals surface area contributed by atoms with Crippen molar-refractivity contribution in [2.75, 3.05) is 6.61 Å². The minimum absolute atomic E-state index is 0.158. The van der Waals surface area contributed by atoms with Crippen LogP contribution in [0.15, 0.2) is 24.3 Å². The Morgan fingerprint density at radius 3 is 2.63 bits per heavy atom. The Labute approximate surface area is 112 Å². The van der Waals surface area contributed by atoms with E-state index in [1.54, 1.807) is 18.2 Å². The molecule has 0 radical (unpaired) electrons. The normalized spacial score (nSPS) is 23.2. The van der Waals surface area contributed by atoms with Crippen molar-refractivity contribution < 1.29 is 14.8 Å². The Morgan fingerprint density at radius 2 is 1.95 bits per heavy atom. The number of nitro groups is 1. The second-order valence-corrected chi connectivity index (χ2v) is 4.94. The Bertz CT molecular complexity index is 427. The van der Waals surface area contributed by atoms with Crippen molar-refractivity contribution in [3.63, 3.8) is 0 Å². The molecule has 0 unspecified atom stereocenters. The van der Waals surface area contributed by atoms with Crippen LogP contribution in [0.2, 0.25) is 0 Å². The Balaban J connectivity index is 1.81. The van der Waals surface area contributed by atoms with E-state index in [-0.39, 0.29) is 22.8 Å². The number of nitro benzene ring substituents is 1. The van der Waals surface area contributed by atoms with E-state index >= 15 is 0 Å². The second kappa shape index (κ2) is 6.63. The number of ether oxygens (including phenoxy) is 1. The van der Waals surface area contributed by atoms with E-state index in [4.69, 9.17) is 4.74 Å². The van der Waals surface area contributed by atoms with E-state index in [9.17, 15) is 15.2 Å². The number of rotatable bonds is 5. The van der Waals surface area contributed by atoms with Crippen molar-refractivity contribution in [2.24, 2.45) is 0 Å². The molecule has 0 aromatic heterocycles. The molecule has 2 rings (SSSR count). The third-order valence-corrected chi connectivity index (χ3v) is 3.56. The van der Waals surface area contributed by atoms with E-state index in [1.165, 1.54) is 6.07 Å². The molecule has 0 heterocycles. The molecule has 19 heavy (non-hydrogen) atoms. The van der Waals surface area contributed by atoms with Gasteiger partial charge >= 0.3 is 0 Å². The molecule has 5 nitrogen and oxygen atoms in total. The van der Waals surface area contributed by atoms with Gasteiger partial charge in [-0.3, -0.25) is 10.1 Å². The van der Waals surface area contributed by atoms with Crippen LogP contribution in [0.5, 0.6) is 0 Å². The predicted octanol–water partition coefficient (Wildman–Crippen LogP) is 2.46. The van der Waals surface area contributed by atoms with Crippen LogP contribution in [-0.4, -0.2) is 28.8 Å². The molecule has 1 saturated carbocycles. The molecular weight excluding hydrogens is 246 g/mol. The largest absolute Gasteiger partial charge is 0.393 e. The molecule has 104 valence electrons. The van der Waals surface area contributed by atoms with Crippen LogP contribution >= 0.6 is 0 Å². The summed E-state index contributed by atoms with van der Waals surface area (Å²) in [6, 6.07) is 6.77. The molecular formula is C14H19NO4. The topological polar surface area (TPSA) is 72.6 Å². The molecule has 0 bridgehead atoms. The van der Waals surface area contributed by atoms with Crippen LogP contribution in [0.1, 0.15) is 31.2 Å². The quantitative estimate of drug-likeness (QED) is 0.655. The minimum Gasteiger partial charge on any atom is -0.393 e. The van der Waals surface area contributed by atoms with Crippen molar-refractivity contribution in [3.05, 3.63) is 39.9 Å². The van der Waals surface area contributed by atoms with E-state index in [0.29, 0.717) is 18.6 Å². The molecule has 1 aromatic carbocycles. The van der Waals surface area contributed by atoms with Crippen molar-refractivity contribution >= 4 is 5.69 Å². The fourth-order valence-corrected chi connectivity index (χ4v) is 2.45. The van der Waals surface area contributed by atoms with Gasteiger partial charge in [0.15, 0.2) is 0 Å². The molecule has 1 N–H and O–H groups in total. The summed E-state index contributed by atoms with van der Waals surface area (Å²) in [5.41, 5.74) is 0.869. The fourth-order valence-electron chi connectivity index (χ4n) is 2.45. The zero-order valence-corrected chi connectivity index (χ0v) is 10.8. The summed E-state index contributed by atoms with van der Waals surface area (Å²) >= 11 is 0. The van der Waals surface area contributed by atoms with E-state index in [0.717, 1.165) is 25.7 Å². The third-order valence-electron chi connectivity index (χ3n) is 3.56. The summed E-state index contributed by atoms with van der Waals surface area (Å²) in [6.45, 7) is 0.492. The van der Waals surface area contributed by atoms with Gasteiger partial charge in [-0.2, -0.15) is 0 Å². The van der Waals surface area contributed by atoms with Crippen LogP contribution in [0, 0.1) is 10.1 Å². The van der Waals surface area contributed by atoms with Crippen LogP contribution in [0.25, 0.3) is 0 Å². The molecule has 1 aliphatic carbocycles. The number of nitrogens with zero attached hydrogens (tertiary/aromatic N) is 1. The summed E-state index contributed by atoms with van der Waals surface area (Å²) in [5.74, 6) is 0. The molecule has 1 aliphatic rings. The average Bonchev–Trinajstić information content (AvgIpc) is 2.41.